The van der Waals surface area contributed by atoms with E-state index in [0.717, 1.165) is 19.3 Å². The topological polar surface area (TPSA) is 98.7 Å². The molecule has 0 spiro atoms. The van der Waals surface area contributed by atoms with Gasteiger partial charge < -0.3 is 20.8 Å². The van der Waals surface area contributed by atoms with Crippen LogP contribution in [0.5, 0.6) is 0 Å². The molecule has 0 aliphatic carbocycles. The number of aliphatic carboxylic acids is 2. The summed E-state index contributed by atoms with van der Waals surface area (Å²) in [7, 11) is 0. The first-order valence-corrected chi connectivity index (χ1v) is 4.98. The highest BCUT2D eigenvalue weighted by Crippen LogP contribution is 1.91. The van der Waals surface area contributed by atoms with E-state index in [4.69, 9.17) is 10.2 Å². The van der Waals surface area contributed by atoms with E-state index in [1.165, 1.54) is 0 Å². The van der Waals surface area contributed by atoms with Crippen LogP contribution in [0.3, 0.4) is 0 Å². The second-order valence-electron chi connectivity index (χ2n) is 3.20. The first-order chi connectivity index (χ1) is 7.13. The highest BCUT2D eigenvalue weighted by molar-refractivity contribution is 8.93. The van der Waals surface area contributed by atoms with Crippen molar-refractivity contribution in [3.05, 3.63) is 0 Å². The molecule has 0 bridgehead atoms. The molecule has 0 aromatic rings. The molecule has 0 radical (unpaired) electrons. The number of rotatable bonds is 10. The van der Waals surface area contributed by atoms with Gasteiger partial charge in [0, 0.05) is 0 Å². The summed E-state index contributed by atoms with van der Waals surface area (Å²) in [4.78, 5) is 20.2. The lowest BCUT2D eigenvalue weighted by atomic mass is 10.2. The monoisotopic (exact) mass is 298 g/mol. The van der Waals surface area contributed by atoms with Crippen LogP contribution in [0.2, 0.25) is 0 Å². The number of hydrogen-bond acceptors (Lipinski definition) is 4. The number of halogens is 1. The molecule has 0 saturated heterocycles. The third kappa shape index (κ3) is 15.8. The van der Waals surface area contributed by atoms with Gasteiger partial charge in [-0.2, -0.15) is 0 Å². The molecule has 4 N–H and O–H groups in total. The SMILES string of the molecule is Br.O=C(O)CNCCCCCNCC(=O)O. The maximum atomic E-state index is 10.1. The number of nitrogens with one attached hydrogen (secondary N) is 2. The maximum absolute atomic E-state index is 10.1. The Hall–Kier alpha value is -0.660. The average Bonchev–Trinajstić information content (AvgIpc) is 2.14. The van der Waals surface area contributed by atoms with Gasteiger partial charge in [0.15, 0.2) is 0 Å². The number of carboxylic acid groups (broad SMARTS) is 2. The lowest BCUT2D eigenvalue weighted by Gasteiger charge is -2.02. The summed E-state index contributed by atoms with van der Waals surface area (Å²) >= 11 is 0. The molecule has 6 nitrogen and oxygen atoms in total. The maximum Gasteiger partial charge on any atom is 0.317 e. The second-order valence-corrected chi connectivity index (χ2v) is 3.20. The van der Waals surface area contributed by atoms with Crippen LogP contribution in [-0.4, -0.2) is 48.3 Å². The van der Waals surface area contributed by atoms with Gasteiger partial charge in [0.2, 0.25) is 0 Å². The normalized spacial score (nSPS) is 9.50. The van der Waals surface area contributed by atoms with Crippen molar-refractivity contribution in [1.82, 2.24) is 10.6 Å². The molecule has 0 aromatic heterocycles. The Kier molecular flexibility index (Phi) is 13.7. The van der Waals surface area contributed by atoms with Gasteiger partial charge >= 0.3 is 11.9 Å². The average molecular weight is 299 g/mol. The van der Waals surface area contributed by atoms with Gasteiger partial charge in [0.05, 0.1) is 13.1 Å². The molecule has 0 unspecified atom stereocenters. The van der Waals surface area contributed by atoms with E-state index in [1.54, 1.807) is 0 Å². The molecule has 0 heterocycles. The van der Waals surface area contributed by atoms with Crippen LogP contribution in [0.1, 0.15) is 19.3 Å². The van der Waals surface area contributed by atoms with E-state index in [9.17, 15) is 9.59 Å². The zero-order valence-corrected chi connectivity index (χ0v) is 10.8. The molecule has 0 aliphatic heterocycles. The fourth-order valence-corrected chi connectivity index (χ4v) is 1.07. The zero-order valence-electron chi connectivity index (χ0n) is 9.07. The molecular weight excluding hydrogens is 280 g/mol. The summed E-state index contributed by atoms with van der Waals surface area (Å²) in [5.74, 6) is -1.70. The lowest BCUT2D eigenvalue weighted by Crippen LogP contribution is -2.24. The number of carboxylic acids is 2. The van der Waals surface area contributed by atoms with E-state index in [0.29, 0.717) is 13.1 Å². The third-order valence-electron chi connectivity index (χ3n) is 1.76. The van der Waals surface area contributed by atoms with Crippen molar-refractivity contribution in [3.8, 4) is 0 Å². The zero-order chi connectivity index (χ0) is 11.5. The molecule has 0 amide bonds. The molecule has 0 fully saturated rings. The smallest absolute Gasteiger partial charge is 0.317 e. The summed E-state index contributed by atoms with van der Waals surface area (Å²) in [6.07, 6.45) is 2.77. The van der Waals surface area contributed by atoms with Crippen LogP contribution in [0.15, 0.2) is 0 Å². The van der Waals surface area contributed by atoms with E-state index >= 15 is 0 Å². The Morgan fingerprint density at radius 2 is 1.19 bits per heavy atom. The van der Waals surface area contributed by atoms with Crippen LogP contribution < -0.4 is 10.6 Å². The molecule has 0 saturated carbocycles. The summed E-state index contributed by atoms with van der Waals surface area (Å²) < 4.78 is 0. The Labute approximate surface area is 105 Å². The van der Waals surface area contributed by atoms with Crippen molar-refractivity contribution in [1.29, 1.82) is 0 Å². The van der Waals surface area contributed by atoms with Gasteiger partial charge in [-0.3, -0.25) is 9.59 Å². The van der Waals surface area contributed by atoms with Crippen LogP contribution >= 0.6 is 17.0 Å². The Bertz CT molecular complexity index is 182. The number of unbranched alkanes of at least 4 members (excludes halogenated alkanes) is 2. The van der Waals surface area contributed by atoms with Crippen LogP contribution in [0, 0.1) is 0 Å². The third-order valence-corrected chi connectivity index (χ3v) is 1.76. The van der Waals surface area contributed by atoms with Crippen molar-refractivity contribution < 1.29 is 19.8 Å². The Morgan fingerprint density at radius 3 is 1.50 bits per heavy atom. The molecule has 0 rings (SSSR count). The first-order valence-electron chi connectivity index (χ1n) is 4.98. The highest BCUT2D eigenvalue weighted by atomic mass is 79.9. The van der Waals surface area contributed by atoms with Gasteiger partial charge in [-0.15, -0.1) is 17.0 Å². The Morgan fingerprint density at radius 1 is 0.812 bits per heavy atom. The van der Waals surface area contributed by atoms with Gasteiger partial charge in [0.1, 0.15) is 0 Å². The fourth-order valence-electron chi connectivity index (χ4n) is 1.07. The van der Waals surface area contributed by atoms with Crippen LogP contribution in [0.4, 0.5) is 0 Å². The van der Waals surface area contributed by atoms with E-state index in [-0.39, 0.29) is 30.1 Å². The van der Waals surface area contributed by atoms with Gasteiger partial charge in [-0.05, 0) is 25.9 Å². The molecule has 96 valence electrons. The van der Waals surface area contributed by atoms with E-state index < -0.39 is 11.9 Å². The van der Waals surface area contributed by atoms with Crippen molar-refractivity contribution in [2.75, 3.05) is 26.2 Å². The summed E-state index contributed by atoms with van der Waals surface area (Å²) in [6, 6.07) is 0. The van der Waals surface area contributed by atoms with Gasteiger partial charge in [-0.25, -0.2) is 0 Å². The van der Waals surface area contributed by atoms with Crippen molar-refractivity contribution in [2.24, 2.45) is 0 Å². The largest absolute Gasteiger partial charge is 0.480 e. The summed E-state index contributed by atoms with van der Waals surface area (Å²) in [5, 5.41) is 22.2. The Balaban J connectivity index is 0. The number of carbonyl (C=O) groups is 2. The van der Waals surface area contributed by atoms with Gasteiger partial charge in [0.25, 0.3) is 0 Å². The summed E-state index contributed by atoms with van der Waals surface area (Å²) in [6.45, 7) is 1.37. The van der Waals surface area contributed by atoms with Gasteiger partial charge in [-0.1, -0.05) is 6.42 Å². The van der Waals surface area contributed by atoms with Crippen LogP contribution in [-0.2, 0) is 9.59 Å². The van der Waals surface area contributed by atoms with Crippen molar-refractivity contribution in [2.45, 2.75) is 19.3 Å². The van der Waals surface area contributed by atoms with Crippen molar-refractivity contribution >= 4 is 28.9 Å². The molecule has 16 heavy (non-hydrogen) atoms. The standard InChI is InChI=1S/C9H18N2O4.BrH/c12-8(13)6-10-4-2-1-3-5-11-7-9(14)15;/h10-11H,1-7H2,(H,12,13)(H,14,15);1H. The second kappa shape index (κ2) is 12.4. The lowest BCUT2D eigenvalue weighted by molar-refractivity contribution is -0.136. The van der Waals surface area contributed by atoms with E-state index in [1.807, 2.05) is 0 Å². The highest BCUT2D eigenvalue weighted by Gasteiger charge is 1.96. The summed E-state index contributed by atoms with van der Waals surface area (Å²) in [5.41, 5.74) is 0. The minimum atomic E-state index is -0.849. The predicted octanol–water partition coefficient (Wildman–Crippen LogP) is 0.0830. The quantitative estimate of drug-likeness (QED) is 0.427. The molecular formula is C9H19BrN2O4. The van der Waals surface area contributed by atoms with E-state index in [2.05, 4.69) is 10.6 Å². The van der Waals surface area contributed by atoms with Crippen molar-refractivity contribution in [3.63, 3.8) is 0 Å². The molecule has 0 atom stereocenters. The molecule has 7 heteroatoms. The first kappa shape index (κ1) is 17.7. The molecule has 0 aromatic carbocycles. The minimum absolute atomic E-state index is 0. The molecule has 0 aliphatic rings. The number of hydrogen-bond donors (Lipinski definition) is 4. The predicted molar refractivity (Wildman–Crippen MR) is 65.2 cm³/mol. The fraction of sp³-hybridized carbons (Fsp3) is 0.778. The van der Waals surface area contributed by atoms with Crippen LogP contribution in [0.25, 0.3) is 0 Å². The minimum Gasteiger partial charge on any atom is -0.480 e.